The molecule has 0 bridgehead atoms. The van der Waals surface area contributed by atoms with Gasteiger partial charge in [-0.15, -0.1) is 0 Å². The summed E-state index contributed by atoms with van der Waals surface area (Å²) in [7, 11) is 0. The van der Waals surface area contributed by atoms with Gasteiger partial charge < -0.3 is 9.84 Å². The Kier molecular flexibility index (Phi) is 2.46. The number of ether oxygens (including phenoxy) is 1. The molecule has 0 aromatic carbocycles. The van der Waals surface area contributed by atoms with Crippen molar-refractivity contribution in [2.45, 2.75) is 19.4 Å². The quantitative estimate of drug-likeness (QED) is 0.552. The van der Waals surface area contributed by atoms with Gasteiger partial charge in [0.25, 0.3) is 0 Å². The SMILES string of the molecule is C=C(C)[C@H]1COCC[C@H]1O. The second kappa shape index (κ2) is 3.17. The highest BCUT2D eigenvalue weighted by atomic mass is 16.5. The van der Waals surface area contributed by atoms with Crippen LogP contribution >= 0.6 is 0 Å². The van der Waals surface area contributed by atoms with Crippen molar-refractivity contribution in [2.24, 2.45) is 5.92 Å². The summed E-state index contributed by atoms with van der Waals surface area (Å²) in [5.41, 5.74) is 1.02. The molecule has 1 aliphatic heterocycles. The van der Waals surface area contributed by atoms with E-state index >= 15 is 0 Å². The van der Waals surface area contributed by atoms with E-state index in [-0.39, 0.29) is 12.0 Å². The van der Waals surface area contributed by atoms with E-state index in [0.717, 1.165) is 12.0 Å². The van der Waals surface area contributed by atoms with Crippen LogP contribution in [-0.4, -0.2) is 24.4 Å². The van der Waals surface area contributed by atoms with Crippen molar-refractivity contribution in [3.8, 4) is 0 Å². The Morgan fingerprint density at radius 2 is 2.40 bits per heavy atom. The van der Waals surface area contributed by atoms with Gasteiger partial charge in [0.05, 0.1) is 12.7 Å². The topological polar surface area (TPSA) is 29.5 Å². The molecule has 1 rings (SSSR count). The van der Waals surface area contributed by atoms with Gasteiger partial charge in [0.15, 0.2) is 0 Å². The van der Waals surface area contributed by atoms with Crippen LogP contribution < -0.4 is 0 Å². The first-order chi connectivity index (χ1) is 4.72. The van der Waals surface area contributed by atoms with Crippen LogP contribution in [0.1, 0.15) is 13.3 Å². The van der Waals surface area contributed by atoms with Crippen molar-refractivity contribution in [3.05, 3.63) is 12.2 Å². The molecule has 0 aromatic heterocycles. The van der Waals surface area contributed by atoms with E-state index in [1.54, 1.807) is 0 Å². The third-order valence-electron chi connectivity index (χ3n) is 1.95. The zero-order valence-corrected chi connectivity index (χ0v) is 6.34. The standard InChI is InChI=1S/C8H14O2/c1-6(2)7-5-10-4-3-8(7)9/h7-9H,1,3-5H2,2H3/t7-,8-/m1/s1. The molecule has 58 valence electrons. The highest BCUT2D eigenvalue weighted by molar-refractivity contribution is 5.00. The van der Waals surface area contributed by atoms with Gasteiger partial charge in [0.2, 0.25) is 0 Å². The summed E-state index contributed by atoms with van der Waals surface area (Å²) in [6.07, 6.45) is 0.517. The lowest BCUT2D eigenvalue weighted by Crippen LogP contribution is -2.32. The minimum absolute atomic E-state index is 0.161. The molecule has 0 amide bonds. The molecule has 0 spiro atoms. The van der Waals surface area contributed by atoms with Crippen molar-refractivity contribution >= 4 is 0 Å². The lowest BCUT2D eigenvalue weighted by molar-refractivity contribution is -0.0215. The molecule has 2 atom stereocenters. The molecule has 0 saturated carbocycles. The second-order valence-corrected chi connectivity index (χ2v) is 2.88. The van der Waals surface area contributed by atoms with Crippen molar-refractivity contribution in [1.29, 1.82) is 0 Å². The Morgan fingerprint density at radius 1 is 1.70 bits per heavy atom. The van der Waals surface area contributed by atoms with Gasteiger partial charge in [-0.25, -0.2) is 0 Å². The van der Waals surface area contributed by atoms with Crippen LogP contribution in [0.5, 0.6) is 0 Å². The van der Waals surface area contributed by atoms with E-state index in [1.807, 2.05) is 6.92 Å². The Bertz CT molecular complexity index is 131. The Balaban J connectivity index is 2.47. The minimum atomic E-state index is -0.230. The maximum Gasteiger partial charge on any atom is 0.0649 e. The molecule has 2 heteroatoms. The second-order valence-electron chi connectivity index (χ2n) is 2.88. The average Bonchev–Trinajstić information content (AvgIpc) is 1.88. The normalized spacial score (nSPS) is 33.8. The molecule has 1 N–H and O–H groups in total. The fraction of sp³-hybridized carbons (Fsp3) is 0.750. The summed E-state index contributed by atoms with van der Waals surface area (Å²) < 4.78 is 5.19. The largest absolute Gasteiger partial charge is 0.392 e. The van der Waals surface area contributed by atoms with Gasteiger partial charge in [-0.2, -0.15) is 0 Å². The van der Waals surface area contributed by atoms with Crippen molar-refractivity contribution in [1.82, 2.24) is 0 Å². The van der Waals surface area contributed by atoms with Crippen LogP contribution in [0.4, 0.5) is 0 Å². The highest BCUT2D eigenvalue weighted by Crippen LogP contribution is 2.20. The molecule has 10 heavy (non-hydrogen) atoms. The summed E-state index contributed by atoms with van der Waals surface area (Å²) in [6, 6.07) is 0. The molecule has 0 unspecified atom stereocenters. The predicted molar refractivity (Wildman–Crippen MR) is 39.7 cm³/mol. The van der Waals surface area contributed by atoms with Crippen LogP contribution in [0.25, 0.3) is 0 Å². The van der Waals surface area contributed by atoms with E-state index in [2.05, 4.69) is 6.58 Å². The van der Waals surface area contributed by atoms with E-state index in [0.29, 0.717) is 13.2 Å². The molecule has 1 saturated heterocycles. The summed E-state index contributed by atoms with van der Waals surface area (Å²) in [5.74, 6) is 0.161. The molecular formula is C8H14O2. The van der Waals surface area contributed by atoms with Crippen LogP contribution in [0.15, 0.2) is 12.2 Å². The Labute approximate surface area is 61.5 Å². The Hall–Kier alpha value is -0.340. The molecule has 0 radical (unpaired) electrons. The lowest BCUT2D eigenvalue weighted by Gasteiger charge is -2.27. The van der Waals surface area contributed by atoms with Gasteiger partial charge in [0, 0.05) is 12.5 Å². The van der Waals surface area contributed by atoms with Gasteiger partial charge >= 0.3 is 0 Å². The van der Waals surface area contributed by atoms with E-state index in [9.17, 15) is 5.11 Å². The minimum Gasteiger partial charge on any atom is -0.392 e. The molecular weight excluding hydrogens is 128 g/mol. The monoisotopic (exact) mass is 142 g/mol. The molecule has 1 fully saturated rings. The smallest absolute Gasteiger partial charge is 0.0649 e. The third kappa shape index (κ3) is 1.58. The maximum absolute atomic E-state index is 9.40. The number of hydrogen-bond donors (Lipinski definition) is 1. The van der Waals surface area contributed by atoms with Gasteiger partial charge in [-0.3, -0.25) is 0 Å². The summed E-state index contributed by atoms with van der Waals surface area (Å²) in [4.78, 5) is 0. The number of rotatable bonds is 1. The van der Waals surface area contributed by atoms with Crippen molar-refractivity contribution in [2.75, 3.05) is 13.2 Å². The first kappa shape index (κ1) is 7.76. The molecule has 1 heterocycles. The van der Waals surface area contributed by atoms with E-state index in [4.69, 9.17) is 4.74 Å². The van der Waals surface area contributed by atoms with Gasteiger partial charge in [0.1, 0.15) is 0 Å². The van der Waals surface area contributed by atoms with E-state index < -0.39 is 0 Å². The number of aliphatic hydroxyl groups is 1. The fourth-order valence-electron chi connectivity index (χ4n) is 1.20. The zero-order valence-electron chi connectivity index (χ0n) is 6.34. The first-order valence-corrected chi connectivity index (χ1v) is 3.63. The third-order valence-corrected chi connectivity index (χ3v) is 1.95. The summed E-state index contributed by atoms with van der Waals surface area (Å²) in [5, 5.41) is 9.40. The van der Waals surface area contributed by atoms with Crippen LogP contribution in [0, 0.1) is 5.92 Å². The highest BCUT2D eigenvalue weighted by Gasteiger charge is 2.23. The van der Waals surface area contributed by atoms with Crippen molar-refractivity contribution < 1.29 is 9.84 Å². The molecule has 0 aliphatic carbocycles. The van der Waals surface area contributed by atoms with Crippen LogP contribution in [0.2, 0.25) is 0 Å². The molecule has 2 nitrogen and oxygen atoms in total. The summed E-state index contributed by atoms with van der Waals surface area (Å²) in [6.45, 7) is 7.04. The summed E-state index contributed by atoms with van der Waals surface area (Å²) >= 11 is 0. The number of aliphatic hydroxyl groups excluding tert-OH is 1. The number of hydrogen-bond acceptors (Lipinski definition) is 2. The van der Waals surface area contributed by atoms with Gasteiger partial charge in [-0.05, 0) is 13.3 Å². The van der Waals surface area contributed by atoms with Crippen LogP contribution in [0.3, 0.4) is 0 Å². The lowest BCUT2D eigenvalue weighted by atomic mass is 9.93. The average molecular weight is 142 g/mol. The maximum atomic E-state index is 9.40. The predicted octanol–water partition coefficient (Wildman–Crippen LogP) is 0.960. The fourth-order valence-corrected chi connectivity index (χ4v) is 1.20. The van der Waals surface area contributed by atoms with E-state index in [1.165, 1.54) is 0 Å². The first-order valence-electron chi connectivity index (χ1n) is 3.63. The van der Waals surface area contributed by atoms with Gasteiger partial charge in [-0.1, -0.05) is 12.2 Å². The zero-order chi connectivity index (χ0) is 7.56. The van der Waals surface area contributed by atoms with Crippen molar-refractivity contribution in [3.63, 3.8) is 0 Å². The Morgan fingerprint density at radius 3 is 2.80 bits per heavy atom. The molecule has 1 aliphatic rings. The molecule has 0 aromatic rings. The van der Waals surface area contributed by atoms with Crippen LogP contribution in [-0.2, 0) is 4.74 Å².